The van der Waals surface area contributed by atoms with Crippen molar-refractivity contribution in [3.63, 3.8) is 0 Å². The first-order chi connectivity index (χ1) is 13.7. The standard InChI is InChI=1S/C22H26N2O4S/c1-11-8-9-14(10-12(11)2)17-13(3)29-21(18(17)19(23)25)24-20(26)15-6-4-5-7-16(15)22(27)28/h8-10,15-16H,4-7H2,1-3H3,(H2,23,25)(H,24,26)(H,27,28). The van der Waals surface area contributed by atoms with E-state index in [-0.39, 0.29) is 11.5 Å². The van der Waals surface area contributed by atoms with Gasteiger partial charge in [0.05, 0.1) is 17.4 Å². The van der Waals surface area contributed by atoms with E-state index in [1.807, 2.05) is 39.0 Å². The number of aliphatic carboxylic acids is 1. The number of hydrogen-bond acceptors (Lipinski definition) is 4. The highest BCUT2D eigenvalue weighted by Gasteiger charge is 2.36. The number of rotatable bonds is 5. The van der Waals surface area contributed by atoms with Crippen molar-refractivity contribution in [3.05, 3.63) is 39.8 Å². The molecule has 154 valence electrons. The average Bonchev–Trinajstić information content (AvgIpc) is 2.99. The minimum Gasteiger partial charge on any atom is -0.481 e. The molecule has 7 heteroatoms. The van der Waals surface area contributed by atoms with Crippen LogP contribution in [0.15, 0.2) is 18.2 Å². The van der Waals surface area contributed by atoms with Gasteiger partial charge in [0.2, 0.25) is 5.91 Å². The fourth-order valence-corrected chi connectivity index (χ4v) is 5.14. The van der Waals surface area contributed by atoms with Crippen LogP contribution in [-0.4, -0.2) is 22.9 Å². The van der Waals surface area contributed by atoms with E-state index in [0.717, 1.165) is 40.0 Å². The number of anilines is 1. The quantitative estimate of drug-likeness (QED) is 0.679. The average molecular weight is 415 g/mol. The van der Waals surface area contributed by atoms with Crippen LogP contribution < -0.4 is 11.1 Å². The zero-order valence-electron chi connectivity index (χ0n) is 16.9. The second kappa shape index (κ2) is 8.37. The largest absolute Gasteiger partial charge is 0.481 e. The van der Waals surface area contributed by atoms with Crippen molar-refractivity contribution in [1.82, 2.24) is 0 Å². The highest BCUT2D eigenvalue weighted by molar-refractivity contribution is 7.17. The number of thiophene rings is 1. The summed E-state index contributed by atoms with van der Waals surface area (Å²) in [5.41, 5.74) is 9.81. The van der Waals surface area contributed by atoms with Crippen LogP contribution in [0.1, 0.15) is 52.0 Å². The molecule has 0 bridgehead atoms. The van der Waals surface area contributed by atoms with Gasteiger partial charge >= 0.3 is 5.97 Å². The van der Waals surface area contributed by atoms with Gasteiger partial charge in [-0.1, -0.05) is 31.0 Å². The van der Waals surface area contributed by atoms with E-state index in [4.69, 9.17) is 5.73 Å². The van der Waals surface area contributed by atoms with Crippen LogP contribution in [0.3, 0.4) is 0 Å². The van der Waals surface area contributed by atoms with Gasteiger partial charge in [-0.2, -0.15) is 0 Å². The van der Waals surface area contributed by atoms with Crippen LogP contribution in [0.5, 0.6) is 0 Å². The van der Waals surface area contributed by atoms with Crippen molar-refractivity contribution in [2.45, 2.75) is 46.5 Å². The van der Waals surface area contributed by atoms with Gasteiger partial charge in [0.1, 0.15) is 5.00 Å². The number of nitrogens with one attached hydrogen (secondary N) is 1. The molecule has 1 aliphatic rings. The monoisotopic (exact) mass is 414 g/mol. The lowest BCUT2D eigenvalue weighted by Gasteiger charge is -2.27. The fraction of sp³-hybridized carbons (Fsp3) is 0.409. The Morgan fingerprint density at radius 2 is 1.72 bits per heavy atom. The smallest absolute Gasteiger partial charge is 0.307 e. The molecule has 4 N–H and O–H groups in total. The van der Waals surface area contributed by atoms with Crippen molar-refractivity contribution >= 4 is 34.1 Å². The van der Waals surface area contributed by atoms with Crippen molar-refractivity contribution < 1.29 is 19.5 Å². The maximum Gasteiger partial charge on any atom is 0.307 e. The first kappa shape index (κ1) is 21.0. The van der Waals surface area contributed by atoms with Crippen molar-refractivity contribution in [2.24, 2.45) is 17.6 Å². The Morgan fingerprint density at radius 3 is 2.31 bits per heavy atom. The van der Waals surface area contributed by atoms with Gasteiger partial charge in [-0.05, 0) is 50.3 Å². The summed E-state index contributed by atoms with van der Waals surface area (Å²) in [6.07, 6.45) is 2.65. The zero-order valence-corrected chi connectivity index (χ0v) is 17.7. The van der Waals surface area contributed by atoms with Crippen LogP contribution in [-0.2, 0) is 9.59 Å². The molecule has 2 amide bonds. The third-order valence-corrected chi connectivity index (χ3v) is 6.80. The van der Waals surface area contributed by atoms with Crippen LogP contribution in [0.25, 0.3) is 11.1 Å². The van der Waals surface area contributed by atoms with E-state index in [9.17, 15) is 19.5 Å². The number of primary amides is 1. The molecular formula is C22H26N2O4S. The van der Waals surface area contributed by atoms with Crippen LogP contribution >= 0.6 is 11.3 Å². The predicted molar refractivity (Wildman–Crippen MR) is 114 cm³/mol. The summed E-state index contributed by atoms with van der Waals surface area (Å²) in [4.78, 5) is 37.6. The summed E-state index contributed by atoms with van der Waals surface area (Å²) in [6.45, 7) is 5.91. The highest BCUT2D eigenvalue weighted by Crippen LogP contribution is 2.41. The molecule has 0 saturated heterocycles. The number of amides is 2. The van der Waals surface area contributed by atoms with Crippen molar-refractivity contribution in [3.8, 4) is 11.1 Å². The van der Waals surface area contributed by atoms with E-state index in [2.05, 4.69) is 5.32 Å². The number of aryl methyl sites for hydroxylation is 3. The number of carbonyl (C=O) groups excluding carboxylic acids is 2. The lowest BCUT2D eigenvalue weighted by molar-refractivity contribution is -0.147. The van der Waals surface area contributed by atoms with Crippen LogP contribution in [0, 0.1) is 32.6 Å². The Morgan fingerprint density at radius 1 is 1.07 bits per heavy atom. The number of carbonyl (C=O) groups is 3. The molecule has 29 heavy (non-hydrogen) atoms. The van der Waals surface area contributed by atoms with Gasteiger partial charge in [-0.3, -0.25) is 14.4 Å². The molecule has 1 aromatic carbocycles. The number of benzene rings is 1. The Labute approximate surface area is 174 Å². The Balaban J connectivity index is 1.98. The summed E-state index contributed by atoms with van der Waals surface area (Å²) in [5, 5.41) is 12.7. The normalized spacial score (nSPS) is 19.0. The summed E-state index contributed by atoms with van der Waals surface area (Å²) >= 11 is 1.30. The summed E-state index contributed by atoms with van der Waals surface area (Å²) in [6, 6.07) is 5.94. The first-order valence-corrected chi connectivity index (χ1v) is 10.6. The molecule has 0 aliphatic heterocycles. The lowest BCUT2D eigenvalue weighted by Crippen LogP contribution is -2.36. The summed E-state index contributed by atoms with van der Waals surface area (Å²) < 4.78 is 0. The molecule has 2 aromatic rings. The third-order valence-electron chi connectivity index (χ3n) is 5.78. The van der Waals surface area contributed by atoms with Gasteiger partial charge in [-0.15, -0.1) is 11.3 Å². The number of hydrogen-bond donors (Lipinski definition) is 3. The maximum atomic E-state index is 12.9. The molecule has 1 aliphatic carbocycles. The van der Waals surface area contributed by atoms with Gasteiger partial charge < -0.3 is 16.2 Å². The second-order valence-corrected chi connectivity index (χ2v) is 8.95. The topological polar surface area (TPSA) is 109 Å². The predicted octanol–water partition coefficient (Wildman–Crippen LogP) is 4.27. The Hall–Kier alpha value is -2.67. The van der Waals surface area contributed by atoms with Crippen molar-refractivity contribution in [2.75, 3.05) is 5.32 Å². The zero-order chi connectivity index (χ0) is 21.3. The van der Waals surface area contributed by atoms with E-state index in [0.29, 0.717) is 17.8 Å². The fourth-order valence-electron chi connectivity index (χ4n) is 4.06. The molecule has 2 unspecified atom stereocenters. The summed E-state index contributed by atoms with van der Waals surface area (Å²) in [7, 11) is 0. The molecule has 1 heterocycles. The summed E-state index contributed by atoms with van der Waals surface area (Å²) in [5.74, 6) is -3.21. The third kappa shape index (κ3) is 4.19. The molecule has 3 rings (SSSR count). The number of carboxylic acid groups (broad SMARTS) is 1. The lowest BCUT2D eigenvalue weighted by atomic mass is 9.78. The Bertz CT molecular complexity index is 979. The number of carboxylic acids is 1. The van der Waals surface area contributed by atoms with E-state index in [1.54, 1.807) is 0 Å². The minimum atomic E-state index is -0.946. The van der Waals surface area contributed by atoms with Crippen LogP contribution in [0.2, 0.25) is 0 Å². The minimum absolute atomic E-state index is 0.284. The van der Waals surface area contributed by atoms with Gasteiger partial charge in [0.25, 0.3) is 5.91 Å². The van der Waals surface area contributed by atoms with E-state index >= 15 is 0 Å². The van der Waals surface area contributed by atoms with Crippen molar-refractivity contribution in [1.29, 1.82) is 0 Å². The van der Waals surface area contributed by atoms with E-state index < -0.39 is 23.7 Å². The Kier molecular flexibility index (Phi) is 6.07. The molecule has 1 aromatic heterocycles. The van der Waals surface area contributed by atoms with Gasteiger partial charge in [0.15, 0.2) is 0 Å². The maximum absolute atomic E-state index is 12.9. The second-order valence-electron chi connectivity index (χ2n) is 7.73. The van der Waals surface area contributed by atoms with E-state index in [1.165, 1.54) is 11.3 Å². The SMILES string of the molecule is Cc1ccc(-c2c(C)sc(NC(=O)C3CCCCC3C(=O)O)c2C(N)=O)cc1C. The molecular weight excluding hydrogens is 388 g/mol. The molecule has 6 nitrogen and oxygen atoms in total. The first-order valence-electron chi connectivity index (χ1n) is 9.75. The molecule has 1 fully saturated rings. The van der Waals surface area contributed by atoms with Gasteiger partial charge in [-0.25, -0.2) is 0 Å². The molecule has 0 spiro atoms. The highest BCUT2D eigenvalue weighted by atomic mass is 32.1. The molecule has 2 atom stereocenters. The molecule has 1 saturated carbocycles. The molecule has 0 radical (unpaired) electrons. The van der Waals surface area contributed by atoms with Gasteiger partial charge in [0, 0.05) is 10.4 Å². The van der Waals surface area contributed by atoms with Crippen LogP contribution in [0.4, 0.5) is 5.00 Å². The number of nitrogens with two attached hydrogens (primary N) is 1.